The number of carboxylic acid groups (broad SMARTS) is 1. The number of carbonyl (C=O) groups is 2. The number of H-pyrrole nitrogens is 1. The van der Waals surface area contributed by atoms with Crippen LogP contribution in [0, 0.1) is 6.92 Å². The van der Waals surface area contributed by atoms with Crippen molar-refractivity contribution in [2.45, 2.75) is 31.7 Å². The number of nitrogens with zero attached hydrogens (tertiary/aromatic N) is 1. The maximum Gasteiger partial charge on any atom is 0.353 e. The molecule has 7 heteroatoms. The zero-order valence-corrected chi connectivity index (χ0v) is 11.5. The molecule has 2 aromatic rings. The summed E-state index contributed by atoms with van der Waals surface area (Å²) in [4.78, 5) is 30.1. The Hall–Kier alpha value is -2.57. The van der Waals surface area contributed by atoms with Gasteiger partial charge in [0.15, 0.2) is 0 Å². The first kappa shape index (κ1) is 13.4. The monoisotopic (exact) mass is 289 g/mol. The Kier molecular flexibility index (Phi) is 3.04. The van der Waals surface area contributed by atoms with Crippen LogP contribution in [0.15, 0.2) is 22.9 Å². The lowest BCUT2D eigenvalue weighted by Gasteiger charge is -2.40. The van der Waals surface area contributed by atoms with Crippen LogP contribution in [0.3, 0.4) is 0 Å². The van der Waals surface area contributed by atoms with Gasteiger partial charge < -0.3 is 19.8 Å². The van der Waals surface area contributed by atoms with E-state index in [9.17, 15) is 9.59 Å². The number of hydrogen-bond acceptors (Lipinski definition) is 4. The van der Waals surface area contributed by atoms with E-state index in [4.69, 9.17) is 9.52 Å². The van der Waals surface area contributed by atoms with Crippen LogP contribution < -0.4 is 5.32 Å². The second-order valence-corrected chi connectivity index (χ2v) is 5.23. The van der Waals surface area contributed by atoms with Crippen molar-refractivity contribution in [1.82, 2.24) is 15.3 Å². The van der Waals surface area contributed by atoms with E-state index in [1.807, 2.05) is 0 Å². The SMILES string of the molecule is Cc1occc1C(=O)NC1(c2ncc(C(=O)O)[nH]2)CCC1. The lowest BCUT2D eigenvalue weighted by molar-refractivity contribution is 0.0690. The van der Waals surface area contributed by atoms with Crippen molar-refractivity contribution >= 4 is 11.9 Å². The summed E-state index contributed by atoms with van der Waals surface area (Å²) in [5.41, 5.74) is -0.120. The molecule has 7 nitrogen and oxygen atoms in total. The topological polar surface area (TPSA) is 108 Å². The maximum absolute atomic E-state index is 12.3. The molecule has 0 saturated heterocycles. The van der Waals surface area contributed by atoms with Gasteiger partial charge in [-0.3, -0.25) is 4.79 Å². The number of aromatic nitrogens is 2. The van der Waals surface area contributed by atoms with E-state index in [0.29, 0.717) is 17.1 Å². The average molecular weight is 289 g/mol. The van der Waals surface area contributed by atoms with Crippen LogP contribution in [0.25, 0.3) is 0 Å². The van der Waals surface area contributed by atoms with Gasteiger partial charge in [-0.25, -0.2) is 9.78 Å². The molecular formula is C14H15N3O4. The van der Waals surface area contributed by atoms with Crippen molar-refractivity contribution in [2.75, 3.05) is 0 Å². The second-order valence-electron chi connectivity index (χ2n) is 5.23. The molecule has 21 heavy (non-hydrogen) atoms. The Balaban J connectivity index is 1.85. The molecule has 2 heterocycles. The van der Waals surface area contributed by atoms with E-state index in [2.05, 4.69) is 15.3 Å². The molecule has 1 aliphatic rings. The Morgan fingerprint density at radius 1 is 1.48 bits per heavy atom. The summed E-state index contributed by atoms with van der Waals surface area (Å²) in [5, 5.41) is 11.9. The molecule has 1 saturated carbocycles. The fourth-order valence-electron chi connectivity index (χ4n) is 2.53. The zero-order valence-electron chi connectivity index (χ0n) is 11.5. The highest BCUT2D eigenvalue weighted by atomic mass is 16.4. The summed E-state index contributed by atoms with van der Waals surface area (Å²) >= 11 is 0. The summed E-state index contributed by atoms with van der Waals surface area (Å²) in [6.07, 6.45) is 5.14. The van der Waals surface area contributed by atoms with Crippen LogP contribution in [-0.2, 0) is 5.54 Å². The first-order valence-electron chi connectivity index (χ1n) is 6.67. The minimum Gasteiger partial charge on any atom is -0.477 e. The molecule has 0 aliphatic heterocycles. The fourth-order valence-corrected chi connectivity index (χ4v) is 2.53. The molecule has 3 rings (SSSR count). The molecule has 1 fully saturated rings. The van der Waals surface area contributed by atoms with E-state index in [1.165, 1.54) is 12.5 Å². The van der Waals surface area contributed by atoms with Crippen LogP contribution in [-0.4, -0.2) is 27.0 Å². The number of imidazole rings is 1. The number of carbonyl (C=O) groups excluding carboxylic acids is 1. The zero-order chi connectivity index (χ0) is 15.0. The van der Waals surface area contributed by atoms with E-state index in [0.717, 1.165) is 19.3 Å². The van der Waals surface area contributed by atoms with Gasteiger partial charge in [0.05, 0.1) is 23.6 Å². The molecule has 0 spiro atoms. The number of nitrogens with one attached hydrogen (secondary N) is 2. The quantitative estimate of drug-likeness (QED) is 0.795. The van der Waals surface area contributed by atoms with Crippen LogP contribution in [0.5, 0.6) is 0 Å². The van der Waals surface area contributed by atoms with Crippen molar-refractivity contribution in [2.24, 2.45) is 0 Å². The maximum atomic E-state index is 12.3. The van der Waals surface area contributed by atoms with Gasteiger partial charge in [-0.05, 0) is 32.3 Å². The first-order valence-corrected chi connectivity index (χ1v) is 6.67. The van der Waals surface area contributed by atoms with Crippen molar-refractivity contribution in [3.05, 3.63) is 41.4 Å². The summed E-state index contributed by atoms with van der Waals surface area (Å²) in [7, 11) is 0. The predicted molar refractivity (Wildman–Crippen MR) is 72.0 cm³/mol. The van der Waals surface area contributed by atoms with Crippen molar-refractivity contribution in [3.63, 3.8) is 0 Å². The third kappa shape index (κ3) is 2.20. The molecule has 0 radical (unpaired) electrons. The fraction of sp³-hybridized carbons (Fsp3) is 0.357. The lowest BCUT2D eigenvalue weighted by Crippen LogP contribution is -2.51. The van der Waals surface area contributed by atoms with E-state index in [-0.39, 0.29) is 11.6 Å². The highest BCUT2D eigenvalue weighted by Gasteiger charge is 2.43. The Labute approximate surface area is 120 Å². The van der Waals surface area contributed by atoms with Gasteiger partial charge in [0.2, 0.25) is 0 Å². The molecular weight excluding hydrogens is 274 g/mol. The summed E-state index contributed by atoms with van der Waals surface area (Å²) in [5.74, 6) is -0.275. The van der Waals surface area contributed by atoms with Gasteiger partial charge in [-0.2, -0.15) is 0 Å². The van der Waals surface area contributed by atoms with Crippen LogP contribution in [0.4, 0.5) is 0 Å². The minimum absolute atomic E-state index is 0.0185. The van der Waals surface area contributed by atoms with E-state index in [1.54, 1.807) is 13.0 Å². The molecule has 1 aliphatic carbocycles. The molecule has 110 valence electrons. The van der Waals surface area contributed by atoms with Crippen molar-refractivity contribution < 1.29 is 19.1 Å². The van der Waals surface area contributed by atoms with Crippen molar-refractivity contribution in [1.29, 1.82) is 0 Å². The van der Waals surface area contributed by atoms with Crippen LogP contribution in [0.2, 0.25) is 0 Å². The molecule has 0 unspecified atom stereocenters. The Morgan fingerprint density at radius 2 is 2.24 bits per heavy atom. The Morgan fingerprint density at radius 3 is 2.71 bits per heavy atom. The number of furan rings is 1. The van der Waals surface area contributed by atoms with Crippen molar-refractivity contribution in [3.8, 4) is 0 Å². The Bertz CT molecular complexity index is 697. The number of aryl methyl sites for hydroxylation is 1. The molecule has 0 bridgehead atoms. The molecule has 1 amide bonds. The highest BCUT2D eigenvalue weighted by Crippen LogP contribution is 2.40. The number of hydrogen-bond donors (Lipinski definition) is 3. The molecule has 2 aromatic heterocycles. The van der Waals surface area contributed by atoms with Gasteiger partial charge in [0.25, 0.3) is 5.91 Å². The number of aromatic amines is 1. The molecule has 3 N–H and O–H groups in total. The summed E-state index contributed by atoms with van der Waals surface area (Å²) < 4.78 is 5.13. The van der Waals surface area contributed by atoms with Gasteiger partial charge in [0.1, 0.15) is 17.3 Å². The van der Waals surface area contributed by atoms with Gasteiger partial charge in [0, 0.05) is 0 Å². The normalized spacial score (nSPS) is 16.2. The summed E-state index contributed by atoms with van der Waals surface area (Å²) in [6.45, 7) is 1.72. The van der Waals surface area contributed by atoms with Gasteiger partial charge >= 0.3 is 5.97 Å². The highest BCUT2D eigenvalue weighted by molar-refractivity contribution is 5.95. The minimum atomic E-state index is -1.07. The number of rotatable bonds is 4. The van der Waals surface area contributed by atoms with Crippen LogP contribution in [0.1, 0.15) is 51.7 Å². The summed E-state index contributed by atoms with van der Waals surface area (Å²) in [6, 6.07) is 1.61. The second kappa shape index (κ2) is 4.76. The standard InChI is InChI=1S/C14H15N3O4/c1-8-9(3-6-21-8)11(18)17-14(4-2-5-14)13-15-7-10(16-13)12(19)20/h3,6-7H,2,4-5H2,1H3,(H,15,16)(H,17,18)(H,19,20). The average Bonchev–Trinajstić information content (AvgIpc) is 3.02. The van der Waals surface area contributed by atoms with E-state index < -0.39 is 11.5 Å². The van der Waals surface area contributed by atoms with Gasteiger partial charge in [-0.1, -0.05) is 0 Å². The molecule has 0 aromatic carbocycles. The number of amides is 1. The third-order valence-corrected chi connectivity index (χ3v) is 3.92. The molecule has 0 atom stereocenters. The largest absolute Gasteiger partial charge is 0.477 e. The number of carboxylic acids is 1. The smallest absolute Gasteiger partial charge is 0.353 e. The lowest BCUT2D eigenvalue weighted by atomic mass is 9.76. The first-order chi connectivity index (χ1) is 10.0. The third-order valence-electron chi connectivity index (χ3n) is 3.92. The van der Waals surface area contributed by atoms with Crippen LogP contribution >= 0.6 is 0 Å². The van der Waals surface area contributed by atoms with E-state index >= 15 is 0 Å². The predicted octanol–water partition coefficient (Wildman–Crippen LogP) is 1.82. The van der Waals surface area contributed by atoms with Gasteiger partial charge in [-0.15, -0.1) is 0 Å². The number of aromatic carboxylic acids is 1.